The molecule has 1 amide bonds. The van der Waals surface area contributed by atoms with E-state index in [2.05, 4.69) is 27.4 Å². The number of hydrogen-bond acceptors (Lipinski definition) is 2. The van der Waals surface area contributed by atoms with Crippen molar-refractivity contribution in [2.75, 3.05) is 26.7 Å². The maximum Gasteiger partial charge on any atom is 0.239 e. The zero-order chi connectivity index (χ0) is 13.0. The first-order valence-corrected chi connectivity index (χ1v) is 6.94. The molecular formula is C13H24N4O. The van der Waals surface area contributed by atoms with Crippen molar-refractivity contribution in [2.45, 2.75) is 38.6 Å². The zero-order valence-corrected chi connectivity index (χ0v) is 11.4. The molecule has 2 N–H and O–H groups in total. The molecule has 0 aromatic carbocycles. The van der Waals surface area contributed by atoms with E-state index in [0.29, 0.717) is 18.5 Å². The van der Waals surface area contributed by atoms with E-state index in [1.165, 1.54) is 12.8 Å². The van der Waals surface area contributed by atoms with Gasteiger partial charge in [0.2, 0.25) is 5.91 Å². The van der Waals surface area contributed by atoms with Crippen LogP contribution in [0.25, 0.3) is 0 Å². The van der Waals surface area contributed by atoms with Crippen LogP contribution in [0, 0.1) is 5.92 Å². The Bertz CT molecular complexity index is 325. The number of nitrogens with one attached hydrogen (secondary N) is 2. The fraction of sp³-hybridized carbons (Fsp3) is 0.846. The molecule has 102 valence electrons. The van der Waals surface area contributed by atoms with Gasteiger partial charge in [-0.15, -0.1) is 0 Å². The fourth-order valence-electron chi connectivity index (χ4n) is 2.38. The van der Waals surface area contributed by atoms with E-state index in [-0.39, 0.29) is 5.91 Å². The third-order valence-corrected chi connectivity index (χ3v) is 3.52. The number of amides is 1. The van der Waals surface area contributed by atoms with Gasteiger partial charge in [0.05, 0.1) is 6.54 Å². The molecule has 1 saturated carbocycles. The van der Waals surface area contributed by atoms with Gasteiger partial charge in [-0.3, -0.25) is 9.79 Å². The Kier molecular flexibility index (Phi) is 4.44. The van der Waals surface area contributed by atoms with Gasteiger partial charge in [-0.2, -0.15) is 0 Å². The van der Waals surface area contributed by atoms with Crippen molar-refractivity contribution in [3.8, 4) is 0 Å². The van der Waals surface area contributed by atoms with E-state index in [9.17, 15) is 4.79 Å². The molecule has 1 saturated heterocycles. The van der Waals surface area contributed by atoms with Crippen LogP contribution in [0.4, 0.5) is 0 Å². The van der Waals surface area contributed by atoms with Gasteiger partial charge in [0.15, 0.2) is 5.96 Å². The first kappa shape index (κ1) is 13.2. The predicted octanol–water partition coefficient (Wildman–Crippen LogP) is 0.572. The number of hydrogen-bond donors (Lipinski definition) is 2. The van der Waals surface area contributed by atoms with Gasteiger partial charge >= 0.3 is 0 Å². The Hall–Kier alpha value is -1.26. The number of carbonyl (C=O) groups excluding carboxylic acids is 1. The number of rotatable bonds is 3. The van der Waals surface area contributed by atoms with Crippen molar-refractivity contribution in [3.63, 3.8) is 0 Å². The lowest BCUT2D eigenvalue weighted by atomic mass is 10.0. The Morgan fingerprint density at radius 1 is 1.39 bits per heavy atom. The highest BCUT2D eigenvalue weighted by atomic mass is 16.2. The molecule has 0 radical (unpaired) electrons. The van der Waals surface area contributed by atoms with E-state index in [1.807, 2.05) is 0 Å². The van der Waals surface area contributed by atoms with Gasteiger partial charge in [-0.25, -0.2) is 0 Å². The summed E-state index contributed by atoms with van der Waals surface area (Å²) in [5.74, 6) is 1.63. The summed E-state index contributed by atoms with van der Waals surface area (Å²) in [6.45, 7) is 4.66. The van der Waals surface area contributed by atoms with E-state index in [0.717, 1.165) is 31.9 Å². The van der Waals surface area contributed by atoms with Crippen molar-refractivity contribution >= 4 is 11.9 Å². The fourth-order valence-corrected chi connectivity index (χ4v) is 2.38. The Morgan fingerprint density at radius 3 is 2.78 bits per heavy atom. The summed E-state index contributed by atoms with van der Waals surface area (Å²) in [6, 6.07) is 0.427. The van der Waals surface area contributed by atoms with E-state index >= 15 is 0 Å². The highest BCUT2D eigenvalue weighted by Crippen LogP contribution is 2.18. The Balaban J connectivity index is 1.75. The summed E-state index contributed by atoms with van der Waals surface area (Å²) in [5, 5.41) is 6.13. The summed E-state index contributed by atoms with van der Waals surface area (Å²) >= 11 is 0. The molecular weight excluding hydrogens is 228 g/mol. The van der Waals surface area contributed by atoms with Crippen molar-refractivity contribution in [2.24, 2.45) is 10.9 Å². The number of likely N-dealkylation sites (tertiary alicyclic amines) is 1. The molecule has 1 atom stereocenters. The predicted molar refractivity (Wildman–Crippen MR) is 72.5 cm³/mol. The topological polar surface area (TPSA) is 56.7 Å². The first-order chi connectivity index (χ1) is 8.69. The van der Waals surface area contributed by atoms with Gasteiger partial charge in [0.25, 0.3) is 0 Å². The van der Waals surface area contributed by atoms with Gasteiger partial charge in [0, 0.05) is 26.2 Å². The summed E-state index contributed by atoms with van der Waals surface area (Å²) in [6.07, 6.45) is 4.75. The number of nitrogens with zero attached hydrogens (tertiary/aromatic N) is 2. The highest BCUT2D eigenvalue weighted by Gasteiger charge is 2.24. The molecule has 2 fully saturated rings. The Morgan fingerprint density at radius 2 is 2.17 bits per heavy atom. The van der Waals surface area contributed by atoms with Crippen LogP contribution in [0.3, 0.4) is 0 Å². The number of carbonyl (C=O) groups is 1. The van der Waals surface area contributed by atoms with Gasteiger partial charge in [-0.05, 0) is 31.6 Å². The van der Waals surface area contributed by atoms with Crippen LogP contribution in [-0.2, 0) is 4.79 Å². The number of piperidine rings is 1. The Labute approximate surface area is 109 Å². The maximum absolute atomic E-state index is 11.6. The molecule has 0 aromatic heterocycles. The zero-order valence-electron chi connectivity index (χ0n) is 11.4. The minimum absolute atomic E-state index is 0.0729. The van der Waals surface area contributed by atoms with E-state index in [1.54, 1.807) is 7.05 Å². The van der Waals surface area contributed by atoms with E-state index in [4.69, 9.17) is 0 Å². The van der Waals surface area contributed by atoms with Gasteiger partial charge < -0.3 is 15.5 Å². The molecule has 0 aromatic rings. The second kappa shape index (κ2) is 6.07. The molecule has 1 unspecified atom stereocenters. The molecule has 18 heavy (non-hydrogen) atoms. The second-order valence-electron chi connectivity index (χ2n) is 5.44. The smallest absolute Gasteiger partial charge is 0.239 e. The molecule has 1 heterocycles. The maximum atomic E-state index is 11.6. The minimum atomic E-state index is 0.0729. The van der Waals surface area contributed by atoms with Crippen LogP contribution < -0.4 is 10.6 Å². The molecule has 1 aliphatic heterocycles. The van der Waals surface area contributed by atoms with Crippen molar-refractivity contribution < 1.29 is 4.79 Å². The normalized spacial score (nSPS) is 24.9. The van der Waals surface area contributed by atoms with Crippen LogP contribution in [0.2, 0.25) is 0 Å². The molecule has 0 spiro atoms. The summed E-state index contributed by atoms with van der Waals surface area (Å²) in [7, 11) is 1.78. The minimum Gasteiger partial charge on any atom is -0.352 e. The molecule has 5 nitrogen and oxygen atoms in total. The second-order valence-corrected chi connectivity index (χ2v) is 5.44. The summed E-state index contributed by atoms with van der Waals surface area (Å²) in [5.41, 5.74) is 0. The van der Waals surface area contributed by atoms with Crippen molar-refractivity contribution in [1.29, 1.82) is 0 Å². The molecule has 2 aliphatic rings. The molecule has 5 heteroatoms. The third-order valence-electron chi connectivity index (χ3n) is 3.52. The summed E-state index contributed by atoms with van der Waals surface area (Å²) in [4.78, 5) is 18.1. The molecule has 0 bridgehead atoms. The molecule has 1 aliphatic carbocycles. The van der Waals surface area contributed by atoms with Crippen molar-refractivity contribution in [3.05, 3.63) is 0 Å². The van der Waals surface area contributed by atoms with Crippen LogP contribution in [0.1, 0.15) is 32.6 Å². The standard InChI is InChI=1S/C13H24N4O/c1-10-4-3-7-17(9-10)13(14-2)15-8-12(18)16-11-5-6-11/h10-11H,3-9H2,1-2H3,(H,14,15)(H,16,18). The summed E-state index contributed by atoms with van der Waals surface area (Å²) < 4.78 is 0. The van der Waals surface area contributed by atoms with Crippen LogP contribution in [0.15, 0.2) is 4.99 Å². The third kappa shape index (κ3) is 3.89. The van der Waals surface area contributed by atoms with Crippen LogP contribution >= 0.6 is 0 Å². The quantitative estimate of drug-likeness (QED) is 0.570. The average molecular weight is 252 g/mol. The SMILES string of the molecule is CN=C(NCC(=O)NC1CC1)N1CCCC(C)C1. The van der Waals surface area contributed by atoms with Gasteiger partial charge in [-0.1, -0.05) is 6.92 Å². The monoisotopic (exact) mass is 252 g/mol. The number of aliphatic imine (C=N–C) groups is 1. The van der Waals surface area contributed by atoms with Gasteiger partial charge in [0.1, 0.15) is 0 Å². The van der Waals surface area contributed by atoms with E-state index < -0.39 is 0 Å². The largest absolute Gasteiger partial charge is 0.352 e. The first-order valence-electron chi connectivity index (χ1n) is 6.94. The van der Waals surface area contributed by atoms with Crippen molar-refractivity contribution in [1.82, 2.24) is 15.5 Å². The number of guanidine groups is 1. The highest BCUT2D eigenvalue weighted by molar-refractivity contribution is 5.86. The molecule has 2 rings (SSSR count). The average Bonchev–Trinajstić information content (AvgIpc) is 3.14. The van der Waals surface area contributed by atoms with Crippen LogP contribution in [0.5, 0.6) is 0 Å². The lowest BCUT2D eigenvalue weighted by molar-refractivity contribution is -0.120. The van der Waals surface area contributed by atoms with Crippen LogP contribution in [-0.4, -0.2) is 49.5 Å². The lowest BCUT2D eigenvalue weighted by Gasteiger charge is -2.33. The lowest BCUT2D eigenvalue weighted by Crippen LogP contribution is -2.48.